The van der Waals surface area contributed by atoms with Crippen LogP contribution in [0.4, 0.5) is 0 Å². The van der Waals surface area contributed by atoms with E-state index in [-0.39, 0.29) is 6.04 Å². The van der Waals surface area contributed by atoms with Crippen LogP contribution in [0.25, 0.3) is 11.1 Å². The Balaban J connectivity index is 1.50. The van der Waals surface area contributed by atoms with Crippen LogP contribution in [0.3, 0.4) is 0 Å². The summed E-state index contributed by atoms with van der Waals surface area (Å²) in [6.07, 6.45) is 5.31. The van der Waals surface area contributed by atoms with Gasteiger partial charge in [-0.3, -0.25) is 0 Å². The van der Waals surface area contributed by atoms with Crippen molar-refractivity contribution >= 4 is 0 Å². The highest BCUT2D eigenvalue weighted by Crippen LogP contribution is 2.61. The molecule has 1 saturated carbocycles. The first-order chi connectivity index (χ1) is 13.1. The van der Waals surface area contributed by atoms with E-state index in [4.69, 9.17) is 0 Å². The summed E-state index contributed by atoms with van der Waals surface area (Å²) in [5.74, 6) is 1.64. The normalized spacial score (nSPS) is 30.4. The van der Waals surface area contributed by atoms with E-state index < -0.39 is 0 Å². The number of likely N-dealkylation sites (tertiary alicyclic amines) is 1. The molecule has 1 spiro atoms. The highest BCUT2D eigenvalue weighted by molar-refractivity contribution is 5.66. The van der Waals surface area contributed by atoms with E-state index in [1.54, 1.807) is 11.1 Å². The van der Waals surface area contributed by atoms with Gasteiger partial charge < -0.3 is 4.90 Å². The van der Waals surface area contributed by atoms with Crippen LogP contribution in [-0.2, 0) is 6.42 Å². The van der Waals surface area contributed by atoms with Gasteiger partial charge in [-0.2, -0.15) is 4.91 Å². The van der Waals surface area contributed by atoms with Crippen molar-refractivity contribution in [2.45, 2.75) is 44.6 Å². The molecule has 1 saturated heterocycles. The van der Waals surface area contributed by atoms with E-state index in [1.807, 2.05) is 19.1 Å². The first kappa shape index (κ1) is 17.1. The van der Waals surface area contributed by atoms with E-state index >= 15 is 0 Å². The maximum atomic E-state index is 10.9. The number of fused-ring (bicyclic) bond motifs is 2. The van der Waals surface area contributed by atoms with Gasteiger partial charge in [-0.1, -0.05) is 41.6 Å². The maximum absolute atomic E-state index is 10.9. The molecule has 27 heavy (non-hydrogen) atoms. The van der Waals surface area contributed by atoms with Crippen molar-refractivity contribution in [1.29, 1.82) is 0 Å². The summed E-state index contributed by atoms with van der Waals surface area (Å²) < 4.78 is 0. The van der Waals surface area contributed by atoms with Crippen molar-refractivity contribution < 1.29 is 0 Å². The van der Waals surface area contributed by atoms with Crippen LogP contribution in [0, 0.1) is 16.2 Å². The number of aryl methyl sites for hydroxylation is 1. The molecule has 0 amide bonds. The molecule has 140 valence electrons. The van der Waals surface area contributed by atoms with Crippen LogP contribution in [0.1, 0.15) is 54.8 Å². The Bertz CT molecular complexity index is 892. The van der Waals surface area contributed by atoms with Crippen molar-refractivity contribution in [3.63, 3.8) is 0 Å². The van der Waals surface area contributed by atoms with Crippen molar-refractivity contribution in [3.05, 3.63) is 64.1 Å². The highest BCUT2D eigenvalue weighted by Gasteiger charge is 2.56. The molecule has 0 radical (unpaired) electrons. The van der Waals surface area contributed by atoms with Crippen molar-refractivity contribution in [2.24, 2.45) is 16.5 Å². The molecule has 3 nitrogen and oxygen atoms in total. The summed E-state index contributed by atoms with van der Waals surface area (Å²) in [4.78, 5) is 13.5. The zero-order chi connectivity index (χ0) is 18.6. The van der Waals surface area contributed by atoms with Gasteiger partial charge in [0.15, 0.2) is 0 Å². The summed E-state index contributed by atoms with van der Waals surface area (Å²) in [5, 5.41) is 3.18. The van der Waals surface area contributed by atoms with E-state index in [0.717, 1.165) is 17.4 Å². The third-order valence-electron chi connectivity index (χ3n) is 7.65. The van der Waals surface area contributed by atoms with Gasteiger partial charge in [0.05, 0.1) is 0 Å². The second-order valence-electron chi connectivity index (χ2n) is 9.08. The van der Waals surface area contributed by atoms with E-state index in [0.29, 0.717) is 5.41 Å². The standard InChI is InChI=1S/C24H28N2O/c1-16(25-27)17-4-3-5-18(12-17)19-6-8-22-20(13-19)10-11-24-15-26(2)14-21(24)7-9-23(22)24/h3-6,8,12-13,16,21,23H,7,9-11,14-15H2,1-2H3/t16?,21-,23-,24+/m1/s1. The Kier molecular flexibility index (Phi) is 3.98. The molecule has 0 N–H and O–H groups in total. The largest absolute Gasteiger partial charge is 0.305 e. The number of rotatable bonds is 3. The summed E-state index contributed by atoms with van der Waals surface area (Å²) in [7, 11) is 2.30. The average Bonchev–Trinajstić information content (AvgIpc) is 3.20. The summed E-state index contributed by atoms with van der Waals surface area (Å²) in [6, 6.07) is 15.1. The van der Waals surface area contributed by atoms with E-state index in [9.17, 15) is 4.91 Å². The van der Waals surface area contributed by atoms with Gasteiger partial charge in [0.25, 0.3) is 0 Å². The molecular formula is C24H28N2O. The molecule has 1 heterocycles. The smallest absolute Gasteiger partial charge is 0.114 e. The maximum Gasteiger partial charge on any atom is 0.114 e. The second kappa shape index (κ2) is 6.27. The fourth-order valence-electron chi connectivity index (χ4n) is 6.35. The predicted molar refractivity (Wildman–Crippen MR) is 110 cm³/mol. The Morgan fingerprint density at radius 2 is 2.00 bits per heavy atom. The molecule has 2 aromatic rings. The predicted octanol–water partition coefficient (Wildman–Crippen LogP) is 5.55. The van der Waals surface area contributed by atoms with E-state index in [1.165, 1.54) is 49.9 Å². The molecule has 4 atom stereocenters. The van der Waals surface area contributed by atoms with Crippen molar-refractivity contribution in [2.75, 3.05) is 20.1 Å². The van der Waals surface area contributed by atoms with Gasteiger partial charge in [0, 0.05) is 13.1 Å². The lowest BCUT2D eigenvalue weighted by Gasteiger charge is -2.41. The Hall–Kier alpha value is -2.00. The number of nitrogens with zero attached hydrogens (tertiary/aromatic N) is 2. The number of benzene rings is 2. The van der Waals surface area contributed by atoms with Gasteiger partial charge in [-0.05, 0) is 90.8 Å². The Morgan fingerprint density at radius 1 is 1.15 bits per heavy atom. The first-order valence-corrected chi connectivity index (χ1v) is 10.3. The first-order valence-electron chi connectivity index (χ1n) is 10.3. The monoisotopic (exact) mass is 360 g/mol. The Labute approximate surface area is 161 Å². The quantitative estimate of drug-likeness (QED) is 0.672. The van der Waals surface area contributed by atoms with Crippen LogP contribution >= 0.6 is 0 Å². The van der Waals surface area contributed by atoms with Crippen LogP contribution < -0.4 is 0 Å². The fraction of sp³-hybridized carbons (Fsp3) is 0.500. The molecule has 2 fully saturated rings. The van der Waals surface area contributed by atoms with Gasteiger partial charge in [0.2, 0.25) is 0 Å². The average molecular weight is 361 g/mol. The van der Waals surface area contributed by atoms with Crippen molar-refractivity contribution in [3.8, 4) is 11.1 Å². The zero-order valence-corrected chi connectivity index (χ0v) is 16.3. The number of hydrogen-bond donors (Lipinski definition) is 0. The van der Waals surface area contributed by atoms with Crippen LogP contribution in [0.2, 0.25) is 0 Å². The van der Waals surface area contributed by atoms with Gasteiger partial charge in [-0.25, -0.2) is 0 Å². The lowest BCUT2D eigenvalue weighted by molar-refractivity contribution is 0.190. The van der Waals surface area contributed by atoms with Crippen LogP contribution in [-0.4, -0.2) is 25.0 Å². The van der Waals surface area contributed by atoms with Gasteiger partial charge >= 0.3 is 0 Å². The van der Waals surface area contributed by atoms with Gasteiger partial charge in [0.1, 0.15) is 6.04 Å². The third kappa shape index (κ3) is 2.59. The van der Waals surface area contributed by atoms with Crippen molar-refractivity contribution in [1.82, 2.24) is 4.90 Å². The minimum atomic E-state index is -0.294. The molecule has 0 aromatic heterocycles. The lowest BCUT2D eigenvalue weighted by Crippen LogP contribution is -2.36. The molecule has 3 aliphatic rings. The minimum Gasteiger partial charge on any atom is -0.305 e. The molecular weight excluding hydrogens is 332 g/mol. The second-order valence-corrected chi connectivity index (χ2v) is 9.08. The molecule has 1 aliphatic heterocycles. The highest BCUT2D eigenvalue weighted by atomic mass is 16.3. The van der Waals surface area contributed by atoms with Crippen LogP contribution in [0.5, 0.6) is 0 Å². The SMILES string of the molecule is CC(N=O)c1cccc(-c2ccc3c(c2)CC[C@]24CN(C)C[C@H]2CC[C@H]34)c1. The molecule has 2 aliphatic carbocycles. The zero-order valence-electron chi connectivity index (χ0n) is 16.3. The summed E-state index contributed by atoms with van der Waals surface area (Å²) >= 11 is 0. The molecule has 2 aromatic carbocycles. The molecule has 1 unspecified atom stereocenters. The van der Waals surface area contributed by atoms with E-state index in [2.05, 4.69) is 47.5 Å². The summed E-state index contributed by atoms with van der Waals surface area (Å²) in [5.41, 5.74) is 7.14. The number of nitroso groups, excluding NO2 is 1. The summed E-state index contributed by atoms with van der Waals surface area (Å²) in [6.45, 7) is 4.43. The fourth-order valence-corrected chi connectivity index (χ4v) is 6.35. The molecule has 0 bridgehead atoms. The molecule has 5 rings (SSSR count). The topological polar surface area (TPSA) is 32.7 Å². The van der Waals surface area contributed by atoms with Gasteiger partial charge in [-0.15, -0.1) is 0 Å². The van der Waals surface area contributed by atoms with Crippen LogP contribution in [0.15, 0.2) is 47.6 Å². The third-order valence-corrected chi connectivity index (χ3v) is 7.65. The number of hydrogen-bond acceptors (Lipinski definition) is 3. The Morgan fingerprint density at radius 3 is 2.85 bits per heavy atom. The minimum absolute atomic E-state index is 0.294. The lowest BCUT2D eigenvalue weighted by atomic mass is 9.63. The molecule has 3 heteroatoms.